The molecule has 7 heteroatoms. The summed E-state index contributed by atoms with van der Waals surface area (Å²) in [5.74, 6) is 3.17. The van der Waals surface area contributed by atoms with Crippen LogP contribution in [-0.4, -0.2) is 31.9 Å². The lowest BCUT2D eigenvalue weighted by Gasteiger charge is -2.31. The smallest absolute Gasteiger partial charge is 0.244 e. The summed E-state index contributed by atoms with van der Waals surface area (Å²) in [4.78, 5) is 8.55. The summed E-state index contributed by atoms with van der Waals surface area (Å²) >= 11 is 0. The van der Waals surface area contributed by atoms with Gasteiger partial charge in [-0.15, -0.1) is 0 Å². The average molecular weight is 330 g/mol. The first-order chi connectivity index (χ1) is 11.6. The zero-order valence-corrected chi connectivity index (χ0v) is 14.8. The van der Waals surface area contributed by atoms with Crippen molar-refractivity contribution in [2.45, 2.75) is 46.6 Å². The van der Waals surface area contributed by atoms with Gasteiger partial charge in [0.1, 0.15) is 6.33 Å². The van der Waals surface area contributed by atoms with Crippen LogP contribution in [0.1, 0.15) is 52.5 Å². The second-order valence-electron chi connectivity index (χ2n) is 7.03. The molecule has 2 aromatic heterocycles. The van der Waals surface area contributed by atoms with E-state index in [0.717, 1.165) is 6.54 Å². The van der Waals surface area contributed by atoms with Crippen LogP contribution >= 0.6 is 0 Å². The fraction of sp³-hybridized carbons (Fsp3) is 0.647. The van der Waals surface area contributed by atoms with Gasteiger partial charge in [-0.1, -0.05) is 37.6 Å². The van der Waals surface area contributed by atoms with Crippen LogP contribution in [-0.2, 0) is 0 Å². The van der Waals surface area contributed by atoms with E-state index in [4.69, 9.17) is 4.52 Å². The van der Waals surface area contributed by atoms with E-state index in [1.165, 1.54) is 24.7 Å². The fourth-order valence-electron chi connectivity index (χ4n) is 3.37. The van der Waals surface area contributed by atoms with Gasteiger partial charge in [0.15, 0.2) is 5.82 Å². The highest BCUT2D eigenvalue weighted by Crippen LogP contribution is 2.31. The molecule has 0 saturated heterocycles. The molecule has 0 radical (unpaired) electrons. The van der Waals surface area contributed by atoms with E-state index in [-0.39, 0.29) is 6.04 Å². The molecule has 0 aliphatic heterocycles. The second-order valence-corrected chi connectivity index (χ2v) is 7.03. The van der Waals surface area contributed by atoms with Crippen LogP contribution in [0.2, 0.25) is 0 Å². The van der Waals surface area contributed by atoms with E-state index in [1.807, 2.05) is 0 Å². The predicted octanol–water partition coefficient (Wildman–Crippen LogP) is 3.13. The van der Waals surface area contributed by atoms with Crippen molar-refractivity contribution in [3.63, 3.8) is 0 Å². The minimum Gasteiger partial charge on any atom is -0.337 e. The molecule has 2 aromatic rings. The van der Waals surface area contributed by atoms with Gasteiger partial charge >= 0.3 is 0 Å². The lowest BCUT2D eigenvalue weighted by atomic mass is 9.80. The van der Waals surface area contributed by atoms with E-state index in [9.17, 15) is 0 Å². The van der Waals surface area contributed by atoms with Crippen molar-refractivity contribution in [1.82, 2.24) is 30.6 Å². The Balaban J connectivity index is 1.71. The molecular weight excluding hydrogens is 304 g/mol. The molecule has 0 fully saturated rings. The Morgan fingerprint density at radius 2 is 2.25 bits per heavy atom. The van der Waals surface area contributed by atoms with Crippen LogP contribution in [0.5, 0.6) is 0 Å². The van der Waals surface area contributed by atoms with Crippen molar-refractivity contribution in [2.24, 2.45) is 17.8 Å². The van der Waals surface area contributed by atoms with Gasteiger partial charge in [-0.25, -0.2) is 4.98 Å². The molecule has 0 bridgehead atoms. The molecule has 130 valence electrons. The van der Waals surface area contributed by atoms with Crippen molar-refractivity contribution in [3.8, 4) is 11.6 Å². The molecule has 0 spiro atoms. The van der Waals surface area contributed by atoms with Gasteiger partial charge in [0.2, 0.25) is 11.7 Å². The fourth-order valence-corrected chi connectivity index (χ4v) is 3.37. The quantitative estimate of drug-likeness (QED) is 0.791. The maximum atomic E-state index is 5.48. The molecule has 0 amide bonds. The Hall–Kier alpha value is -2.02. The summed E-state index contributed by atoms with van der Waals surface area (Å²) < 4.78 is 5.48. The van der Waals surface area contributed by atoms with Crippen molar-refractivity contribution in [3.05, 3.63) is 23.9 Å². The Kier molecular flexibility index (Phi) is 5.08. The molecule has 3 rings (SSSR count). The minimum absolute atomic E-state index is 0.0242. The Morgan fingerprint density at radius 1 is 1.42 bits per heavy atom. The van der Waals surface area contributed by atoms with Crippen molar-refractivity contribution < 1.29 is 4.52 Å². The van der Waals surface area contributed by atoms with Crippen LogP contribution in [0, 0.1) is 17.8 Å². The summed E-state index contributed by atoms with van der Waals surface area (Å²) in [5.41, 5.74) is 1.48. The van der Waals surface area contributed by atoms with Crippen LogP contribution in [0.4, 0.5) is 0 Å². The Morgan fingerprint density at radius 3 is 2.92 bits per heavy atom. The SMILES string of the molecule is CC1=CCC[C@H](C)[C@@H]1CN[C@@H](c1nc(-c2ncn[nH]2)no1)C(C)C. The second kappa shape index (κ2) is 7.25. The third-order valence-electron chi connectivity index (χ3n) is 4.92. The number of nitrogens with one attached hydrogen (secondary N) is 2. The summed E-state index contributed by atoms with van der Waals surface area (Å²) in [6.07, 6.45) is 6.25. The van der Waals surface area contributed by atoms with Crippen molar-refractivity contribution >= 4 is 0 Å². The van der Waals surface area contributed by atoms with Gasteiger partial charge in [-0.3, -0.25) is 5.10 Å². The van der Waals surface area contributed by atoms with E-state index in [2.05, 4.69) is 64.4 Å². The first-order valence-electron chi connectivity index (χ1n) is 8.65. The normalized spacial score (nSPS) is 22.6. The molecule has 1 aliphatic carbocycles. The molecule has 2 heterocycles. The zero-order chi connectivity index (χ0) is 17.1. The molecule has 3 atom stereocenters. The Labute approximate surface area is 142 Å². The standard InChI is InChI=1S/C17H26N6O/c1-10(2)14(18-8-13-11(3)6-5-7-12(13)4)17-21-16(23-24-17)15-19-9-20-22-15/h6,9-10,12-14,18H,5,7-8H2,1-4H3,(H,19,20,22)/t12-,13+,14+/m0/s1. The molecule has 2 N–H and O–H groups in total. The molecule has 0 aromatic carbocycles. The topological polar surface area (TPSA) is 92.5 Å². The lowest BCUT2D eigenvalue weighted by Crippen LogP contribution is -2.34. The minimum atomic E-state index is 0.0242. The van der Waals surface area contributed by atoms with Gasteiger partial charge in [-0.2, -0.15) is 10.1 Å². The van der Waals surface area contributed by atoms with Crippen LogP contribution in [0.3, 0.4) is 0 Å². The third-order valence-corrected chi connectivity index (χ3v) is 4.92. The van der Waals surface area contributed by atoms with E-state index >= 15 is 0 Å². The number of aromatic amines is 1. The molecule has 7 nitrogen and oxygen atoms in total. The number of H-pyrrole nitrogens is 1. The lowest BCUT2D eigenvalue weighted by molar-refractivity contribution is 0.263. The van der Waals surface area contributed by atoms with E-state index in [1.54, 1.807) is 0 Å². The molecule has 24 heavy (non-hydrogen) atoms. The van der Waals surface area contributed by atoms with Gasteiger partial charge in [0, 0.05) is 6.54 Å². The summed E-state index contributed by atoms with van der Waals surface area (Å²) in [6.45, 7) is 9.81. The largest absolute Gasteiger partial charge is 0.337 e. The Bertz CT molecular complexity index is 675. The van der Waals surface area contributed by atoms with Crippen LogP contribution in [0.25, 0.3) is 11.6 Å². The van der Waals surface area contributed by atoms with E-state index < -0.39 is 0 Å². The highest BCUT2D eigenvalue weighted by atomic mass is 16.5. The summed E-state index contributed by atoms with van der Waals surface area (Å²) in [5, 5.41) is 14.2. The zero-order valence-electron chi connectivity index (χ0n) is 14.8. The monoisotopic (exact) mass is 330 g/mol. The van der Waals surface area contributed by atoms with Crippen LogP contribution in [0.15, 0.2) is 22.5 Å². The number of aromatic nitrogens is 5. The average Bonchev–Trinajstić information content (AvgIpc) is 3.20. The molecular formula is C17H26N6O. The molecule has 0 unspecified atom stereocenters. The molecule has 0 saturated carbocycles. The van der Waals surface area contributed by atoms with Crippen LogP contribution < -0.4 is 5.32 Å². The number of allylic oxidation sites excluding steroid dienone is 1. The highest BCUT2D eigenvalue weighted by Gasteiger charge is 2.27. The van der Waals surface area contributed by atoms with Gasteiger partial charge in [-0.05, 0) is 37.5 Å². The highest BCUT2D eigenvalue weighted by molar-refractivity contribution is 5.39. The predicted molar refractivity (Wildman–Crippen MR) is 90.9 cm³/mol. The first-order valence-corrected chi connectivity index (χ1v) is 8.65. The summed E-state index contributed by atoms with van der Waals surface area (Å²) in [7, 11) is 0. The van der Waals surface area contributed by atoms with Gasteiger partial charge < -0.3 is 9.84 Å². The third kappa shape index (κ3) is 3.56. The molecule has 1 aliphatic rings. The van der Waals surface area contributed by atoms with E-state index in [0.29, 0.717) is 35.3 Å². The number of nitrogens with zero attached hydrogens (tertiary/aromatic N) is 4. The maximum absolute atomic E-state index is 5.48. The number of hydrogen-bond acceptors (Lipinski definition) is 6. The number of hydrogen-bond donors (Lipinski definition) is 2. The van der Waals surface area contributed by atoms with Gasteiger partial charge in [0.05, 0.1) is 6.04 Å². The first kappa shape index (κ1) is 16.8. The van der Waals surface area contributed by atoms with Crippen molar-refractivity contribution in [1.29, 1.82) is 0 Å². The number of rotatable bonds is 6. The van der Waals surface area contributed by atoms with Gasteiger partial charge in [0.25, 0.3) is 0 Å². The maximum Gasteiger partial charge on any atom is 0.244 e. The summed E-state index contributed by atoms with van der Waals surface area (Å²) in [6, 6.07) is 0.0242. The van der Waals surface area contributed by atoms with Crippen molar-refractivity contribution in [2.75, 3.05) is 6.54 Å².